The number of pyridine rings is 1. The lowest BCUT2D eigenvalue weighted by atomic mass is 10.1. The molecule has 2 aromatic heterocycles. The molecular weight excluding hydrogens is 414 g/mol. The molecule has 5 rings (SSSR count). The second-order valence-corrected chi connectivity index (χ2v) is 9.07. The number of carbonyl (C=O) groups excluding carboxylic acids is 1. The zero-order valence-corrected chi connectivity index (χ0v) is 18.2. The Hall–Kier alpha value is -2.78. The summed E-state index contributed by atoms with van der Waals surface area (Å²) in [6.45, 7) is 4.08. The number of aromatic amines is 1. The van der Waals surface area contributed by atoms with Gasteiger partial charge in [-0.2, -0.15) is 5.10 Å². The molecule has 2 saturated heterocycles. The molecule has 2 aliphatic heterocycles. The van der Waals surface area contributed by atoms with Gasteiger partial charge in [-0.3, -0.25) is 14.3 Å². The fourth-order valence-electron chi connectivity index (χ4n) is 4.24. The zero-order chi connectivity index (χ0) is 21.4. The summed E-state index contributed by atoms with van der Waals surface area (Å²) >= 11 is 1.77. The van der Waals surface area contributed by atoms with Gasteiger partial charge in [-0.15, -0.1) is 11.8 Å². The van der Waals surface area contributed by atoms with Gasteiger partial charge < -0.3 is 19.9 Å². The van der Waals surface area contributed by atoms with Crippen LogP contribution in [0.3, 0.4) is 0 Å². The molecule has 162 valence electrons. The van der Waals surface area contributed by atoms with Gasteiger partial charge in [0, 0.05) is 36.4 Å². The van der Waals surface area contributed by atoms with E-state index < -0.39 is 0 Å². The second kappa shape index (κ2) is 8.39. The van der Waals surface area contributed by atoms with Crippen molar-refractivity contribution in [3.05, 3.63) is 51.9 Å². The first-order valence-electron chi connectivity index (χ1n) is 10.5. The van der Waals surface area contributed by atoms with Crippen molar-refractivity contribution < 1.29 is 9.53 Å². The predicted octanol–water partition coefficient (Wildman–Crippen LogP) is 3.27. The molecular formula is C22H25N5O3S. The van der Waals surface area contributed by atoms with Gasteiger partial charge in [-0.05, 0) is 49.6 Å². The summed E-state index contributed by atoms with van der Waals surface area (Å²) in [6, 6.07) is 7.64. The summed E-state index contributed by atoms with van der Waals surface area (Å²) in [7, 11) is 0. The van der Waals surface area contributed by atoms with Gasteiger partial charge in [0.15, 0.2) is 5.82 Å². The van der Waals surface area contributed by atoms with Gasteiger partial charge in [-0.1, -0.05) is 0 Å². The molecule has 2 N–H and O–H groups in total. The lowest BCUT2D eigenvalue weighted by molar-refractivity contribution is 0.0566. The third-order valence-corrected chi connectivity index (χ3v) is 6.84. The van der Waals surface area contributed by atoms with Crippen LogP contribution in [0.2, 0.25) is 0 Å². The number of hydrogen-bond donors (Lipinski definition) is 2. The van der Waals surface area contributed by atoms with E-state index in [4.69, 9.17) is 9.84 Å². The Morgan fingerprint density at radius 1 is 1.35 bits per heavy atom. The van der Waals surface area contributed by atoms with Gasteiger partial charge in [0.2, 0.25) is 0 Å². The van der Waals surface area contributed by atoms with Gasteiger partial charge in [-0.25, -0.2) is 0 Å². The zero-order valence-electron chi connectivity index (χ0n) is 17.4. The number of nitrogens with one attached hydrogen (secondary N) is 2. The summed E-state index contributed by atoms with van der Waals surface area (Å²) in [6.07, 6.45) is 3.59. The molecule has 1 amide bonds. The van der Waals surface area contributed by atoms with Crippen molar-refractivity contribution in [2.24, 2.45) is 0 Å². The van der Waals surface area contributed by atoms with Crippen LogP contribution in [0.1, 0.15) is 34.8 Å². The van der Waals surface area contributed by atoms with Crippen molar-refractivity contribution >= 4 is 40.1 Å². The van der Waals surface area contributed by atoms with E-state index in [9.17, 15) is 9.59 Å². The molecule has 0 saturated carbocycles. The van der Waals surface area contributed by atoms with Crippen molar-refractivity contribution in [1.82, 2.24) is 19.7 Å². The third-order valence-electron chi connectivity index (χ3n) is 5.87. The number of rotatable bonds is 4. The number of fused-ring (bicyclic) bond motifs is 1. The quantitative estimate of drug-likeness (QED) is 0.648. The van der Waals surface area contributed by atoms with Crippen molar-refractivity contribution in [1.29, 1.82) is 0 Å². The van der Waals surface area contributed by atoms with Gasteiger partial charge in [0.05, 0.1) is 24.0 Å². The van der Waals surface area contributed by atoms with E-state index in [1.165, 1.54) is 0 Å². The maximum atomic E-state index is 12.8. The van der Waals surface area contributed by atoms with Crippen molar-refractivity contribution in [3.8, 4) is 0 Å². The first kappa shape index (κ1) is 20.1. The Labute approximate surface area is 184 Å². The summed E-state index contributed by atoms with van der Waals surface area (Å²) in [5, 5.41) is 8.58. The molecule has 0 aliphatic carbocycles. The van der Waals surface area contributed by atoms with Crippen molar-refractivity contribution in [2.75, 3.05) is 36.7 Å². The maximum Gasteiger partial charge on any atom is 0.261 e. The van der Waals surface area contributed by atoms with Crippen LogP contribution in [0.4, 0.5) is 11.5 Å². The molecule has 1 atom stereocenters. The topological polar surface area (TPSA) is 92.2 Å². The van der Waals surface area contributed by atoms with E-state index in [0.29, 0.717) is 23.4 Å². The standard InChI is InChI=1S/C22H25N5O3S/c1-14-11-15(4-5-17(14)22(29)26-8-10-31-13-26)24-20-19-18(6-7-23-21(19)28)27(25-20)16-3-2-9-30-12-16/h4-7,11,16H,2-3,8-10,12-13H2,1H3,(H,23,28)(H,24,25). The minimum absolute atomic E-state index is 0.0671. The number of H-pyrrole nitrogens is 1. The van der Waals surface area contributed by atoms with E-state index in [2.05, 4.69) is 10.3 Å². The normalized spacial score (nSPS) is 19.1. The van der Waals surface area contributed by atoms with Crippen LogP contribution >= 0.6 is 11.8 Å². The molecule has 2 fully saturated rings. The van der Waals surface area contributed by atoms with E-state index in [1.807, 2.05) is 40.8 Å². The Balaban J connectivity index is 1.47. The monoisotopic (exact) mass is 439 g/mol. The highest BCUT2D eigenvalue weighted by molar-refractivity contribution is 7.99. The van der Waals surface area contributed by atoms with E-state index in [1.54, 1.807) is 18.0 Å². The maximum absolute atomic E-state index is 12.8. The Kier molecular flexibility index (Phi) is 5.45. The number of aromatic nitrogens is 3. The van der Waals surface area contributed by atoms with E-state index >= 15 is 0 Å². The lowest BCUT2D eigenvalue weighted by Gasteiger charge is -2.23. The summed E-state index contributed by atoms with van der Waals surface area (Å²) in [4.78, 5) is 30.0. The average molecular weight is 440 g/mol. The summed E-state index contributed by atoms with van der Waals surface area (Å²) < 4.78 is 7.54. The molecule has 0 bridgehead atoms. The summed E-state index contributed by atoms with van der Waals surface area (Å²) in [5.74, 6) is 2.31. The fourth-order valence-corrected chi connectivity index (χ4v) is 5.19. The van der Waals surface area contributed by atoms with E-state index in [0.717, 1.165) is 54.4 Å². The van der Waals surface area contributed by atoms with Crippen LogP contribution < -0.4 is 10.9 Å². The first-order valence-corrected chi connectivity index (χ1v) is 11.7. The Morgan fingerprint density at radius 2 is 2.26 bits per heavy atom. The molecule has 4 heterocycles. The van der Waals surface area contributed by atoms with E-state index in [-0.39, 0.29) is 17.5 Å². The molecule has 2 aliphatic rings. The van der Waals surface area contributed by atoms with Gasteiger partial charge >= 0.3 is 0 Å². The smallest absolute Gasteiger partial charge is 0.261 e. The number of ether oxygens (including phenoxy) is 1. The number of anilines is 2. The number of amides is 1. The minimum Gasteiger partial charge on any atom is -0.379 e. The number of thioether (sulfide) groups is 1. The average Bonchev–Trinajstić information content (AvgIpc) is 3.43. The minimum atomic E-state index is -0.182. The van der Waals surface area contributed by atoms with Crippen LogP contribution in [0.5, 0.6) is 0 Å². The second-order valence-electron chi connectivity index (χ2n) is 7.99. The van der Waals surface area contributed by atoms with Crippen LogP contribution in [-0.2, 0) is 4.74 Å². The van der Waals surface area contributed by atoms with Crippen LogP contribution in [0.15, 0.2) is 35.3 Å². The van der Waals surface area contributed by atoms with Crippen LogP contribution in [-0.4, -0.2) is 57.0 Å². The number of carbonyl (C=O) groups is 1. The van der Waals surface area contributed by atoms with Crippen molar-refractivity contribution in [2.45, 2.75) is 25.8 Å². The van der Waals surface area contributed by atoms with Crippen LogP contribution in [0, 0.1) is 6.92 Å². The molecule has 1 aromatic carbocycles. The predicted molar refractivity (Wildman–Crippen MR) is 122 cm³/mol. The molecule has 1 unspecified atom stereocenters. The summed E-state index contributed by atoms with van der Waals surface area (Å²) in [5.41, 5.74) is 3.00. The molecule has 31 heavy (non-hydrogen) atoms. The van der Waals surface area contributed by atoms with Crippen LogP contribution in [0.25, 0.3) is 10.9 Å². The number of hydrogen-bond acceptors (Lipinski definition) is 6. The lowest BCUT2D eigenvalue weighted by Crippen LogP contribution is -2.28. The highest BCUT2D eigenvalue weighted by Gasteiger charge is 2.24. The fraction of sp³-hybridized carbons (Fsp3) is 0.409. The molecule has 0 radical (unpaired) electrons. The van der Waals surface area contributed by atoms with Gasteiger partial charge in [0.1, 0.15) is 5.39 Å². The Morgan fingerprint density at radius 3 is 3.00 bits per heavy atom. The number of benzene rings is 1. The molecule has 9 heteroatoms. The molecule has 0 spiro atoms. The molecule has 3 aromatic rings. The van der Waals surface area contributed by atoms with Gasteiger partial charge in [0.25, 0.3) is 11.5 Å². The Bertz CT molecular complexity index is 1180. The number of nitrogens with zero attached hydrogens (tertiary/aromatic N) is 3. The highest BCUT2D eigenvalue weighted by atomic mass is 32.2. The largest absolute Gasteiger partial charge is 0.379 e. The SMILES string of the molecule is Cc1cc(Nc2nn(C3CCCOC3)c3cc[nH]c(=O)c23)ccc1C(=O)N1CCSC1. The highest BCUT2D eigenvalue weighted by Crippen LogP contribution is 2.29. The first-order chi connectivity index (χ1) is 15.1. The number of aryl methyl sites for hydroxylation is 1. The third kappa shape index (κ3) is 3.83. The molecule has 8 nitrogen and oxygen atoms in total. The van der Waals surface area contributed by atoms with Crippen molar-refractivity contribution in [3.63, 3.8) is 0 Å².